The van der Waals surface area contributed by atoms with Crippen LogP contribution in [0, 0.1) is 0 Å². The molecule has 1 aromatic rings. The number of benzene rings is 1. The van der Waals surface area contributed by atoms with Crippen molar-refractivity contribution in [2.45, 2.75) is 54.8 Å². The summed E-state index contributed by atoms with van der Waals surface area (Å²) >= 11 is 7.81. The van der Waals surface area contributed by atoms with E-state index >= 15 is 0 Å². The van der Waals surface area contributed by atoms with Crippen molar-refractivity contribution in [2.24, 2.45) is 0 Å². The second kappa shape index (κ2) is 7.76. The minimum Gasteiger partial charge on any atom is -0.324 e. The highest BCUT2D eigenvalue weighted by molar-refractivity contribution is 8.01. The lowest BCUT2D eigenvalue weighted by atomic mass is 10.2. The number of hydrogen-bond acceptors (Lipinski definition) is 5. The van der Waals surface area contributed by atoms with Gasteiger partial charge < -0.3 is 10.2 Å². The second-order valence-electron chi connectivity index (χ2n) is 7.86. The van der Waals surface area contributed by atoms with Crippen molar-refractivity contribution in [1.82, 2.24) is 9.21 Å². The summed E-state index contributed by atoms with van der Waals surface area (Å²) < 4.78 is 27.5. The van der Waals surface area contributed by atoms with Gasteiger partial charge in [-0.15, -0.1) is 11.8 Å². The highest BCUT2D eigenvalue weighted by Gasteiger charge is 2.52. The fourth-order valence-corrected chi connectivity index (χ4v) is 7.71. The van der Waals surface area contributed by atoms with Gasteiger partial charge in [0.2, 0.25) is 21.8 Å². The van der Waals surface area contributed by atoms with Gasteiger partial charge in [0.25, 0.3) is 0 Å². The topological polar surface area (TPSA) is 86.8 Å². The van der Waals surface area contributed by atoms with Crippen LogP contribution in [0.15, 0.2) is 23.1 Å². The predicted octanol–water partition coefficient (Wildman–Crippen LogP) is 2.91. The number of amides is 2. The maximum Gasteiger partial charge on any atom is 0.248 e. The fraction of sp³-hybridized carbons (Fsp3) is 0.579. The third kappa shape index (κ3) is 3.78. The average Bonchev–Trinajstić information content (AvgIpc) is 3.20. The molecule has 0 bridgehead atoms. The third-order valence-electron chi connectivity index (χ3n) is 5.88. The van der Waals surface area contributed by atoms with E-state index in [1.165, 1.54) is 16.4 Å². The summed E-state index contributed by atoms with van der Waals surface area (Å²) in [6.45, 7) is 2.94. The van der Waals surface area contributed by atoms with Crippen LogP contribution in [-0.2, 0) is 19.6 Å². The van der Waals surface area contributed by atoms with E-state index in [1.54, 1.807) is 22.7 Å². The van der Waals surface area contributed by atoms with Gasteiger partial charge in [-0.2, -0.15) is 4.31 Å². The van der Waals surface area contributed by atoms with E-state index in [4.69, 9.17) is 11.6 Å². The van der Waals surface area contributed by atoms with Gasteiger partial charge in [0.05, 0.1) is 9.89 Å². The molecule has 0 aromatic heterocycles. The smallest absolute Gasteiger partial charge is 0.248 e. The first-order chi connectivity index (χ1) is 13.7. The second-order valence-corrected chi connectivity index (χ2v) is 11.7. The third-order valence-corrected chi connectivity index (χ3v) is 9.76. The Labute approximate surface area is 180 Å². The molecule has 0 saturated carbocycles. The van der Waals surface area contributed by atoms with Crippen molar-refractivity contribution in [3.8, 4) is 0 Å². The van der Waals surface area contributed by atoms with E-state index in [0.717, 1.165) is 25.7 Å². The van der Waals surface area contributed by atoms with Crippen molar-refractivity contribution in [3.05, 3.63) is 23.2 Å². The number of fused-ring (bicyclic) bond motifs is 1. The molecule has 0 radical (unpaired) electrons. The molecular weight excluding hydrogens is 434 g/mol. The van der Waals surface area contributed by atoms with E-state index < -0.39 is 16.1 Å². The molecule has 4 rings (SSSR count). The zero-order chi connectivity index (χ0) is 20.8. The number of carbonyl (C=O) groups excluding carboxylic acids is 2. The van der Waals surface area contributed by atoms with Gasteiger partial charge >= 0.3 is 0 Å². The predicted molar refractivity (Wildman–Crippen MR) is 113 cm³/mol. The summed E-state index contributed by atoms with van der Waals surface area (Å²) in [5.41, 5.74) is 0.361. The molecule has 3 fully saturated rings. The van der Waals surface area contributed by atoms with Crippen LogP contribution < -0.4 is 5.32 Å². The molecule has 10 heteroatoms. The molecule has 2 amide bonds. The Morgan fingerprint density at radius 1 is 1.28 bits per heavy atom. The Bertz CT molecular complexity index is 949. The molecule has 7 nitrogen and oxygen atoms in total. The van der Waals surface area contributed by atoms with Crippen LogP contribution in [0.4, 0.5) is 5.69 Å². The molecule has 0 spiro atoms. The van der Waals surface area contributed by atoms with Crippen LogP contribution in [0.2, 0.25) is 5.02 Å². The molecule has 1 aromatic carbocycles. The molecule has 0 aliphatic carbocycles. The van der Waals surface area contributed by atoms with E-state index in [1.807, 2.05) is 6.92 Å². The summed E-state index contributed by atoms with van der Waals surface area (Å²) in [7, 11) is -3.72. The zero-order valence-electron chi connectivity index (χ0n) is 16.2. The summed E-state index contributed by atoms with van der Waals surface area (Å²) in [4.78, 5) is 26.5. The number of hydrogen-bond donors (Lipinski definition) is 1. The highest BCUT2D eigenvalue weighted by atomic mass is 35.5. The standard InChI is InChI=1S/C19H24ClN3O4S2/c1-19-8-7-17(24)23(19)15(12-28-19)18(25)21-13-5-6-14(20)16(11-13)29(26,27)22-9-3-2-4-10-22/h5-6,11,15H,2-4,7-10,12H2,1H3,(H,21,25)/t15-,19-/m0/s1. The number of piperidine rings is 1. The molecule has 3 aliphatic heterocycles. The van der Waals surface area contributed by atoms with Crippen LogP contribution in [0.25, 0.3) is 0 Å². The number of rotatable bonds is 4. The fourth-order valence-electron chi connectivity index (χ4n) is 4.26. The number of sulfonamides is 1. The summed E-state index contributed by atoms with van der Waals surface area (Å²) in [5, 5.41) is 2.92. The molecule has 3 heterocycles. The Balaban J connectivity index is 1.55. The van der Waals surface area contributed by atoms with Crippen LogP contribution in [0.3, 0.4) is 0 Å². The zero-order valence-corrected chi connectivity index (χ0v) is 18.6. The van der Waals surface area contributed by atoms with Crippen molar-refractivity contribution in [2.75, 3.05) is 24.2 Å². The molecule has 2 atom stereocenters. The van der Waals surface area contributed by atoms with Gasteiger partial charge in [-0.25, -0.2) is 8.42 Å². The van der Waals surface area contributed by atoms with Crippen LogP contribution >= 0.6 is 23.4 Å². The van der Waals surface area contributed by atoms with Crippen LogP contribution in [-0.4, -0.2) is 59.2 Å². The number of halogens is 1. The van der Waals surface area contributed by atoms with E-state index in [0.29, 0.717) is 31.0 Å². The van der Waals surface area contributed by atoms with Crippen molar-refractivity contribution in [1.29, 1.82) is 0 Å². The molecule has 3 saturated heterocycles. The van der Waals surface area contributed by atoms with Gasteiger partial charge in [-0.1, -0.05) is 18.0 Å². The summed E-state index contributed by atoms with van der Waals surface area (Å²) in [5.74, 6) is 0.211. The van der Waals surface area contributed by atoms with E-state index in [9.17, 15) is 18.0 Å². The molecule has 1 N–H and O–H groups in total. The quantitative estimate of drug-likeness (QED) is 0.751. The lowest BCUT2D eigenvalue weighted by molar-refractivity contribution is -0.135. The molecular formula is C19H24ClN3O4S2. The Morgan fingerprint density at radius 2 is 2.00 bits per heavy atom. The number of nitrogens with one attached hydrogen (secondary N) is 1. The number of carbonyl (C=O) groups is 2. The lowest BCUT2D eigenvalue weighted by Crippen LogP contribution is -2.48. The number of anilines is 1. The Hall–Kier alpha value is -1.29. The van der Waals surface area contributed by atoms with Gasteiger partial charge in [0.1, 0.15) is 10.9 Å². The highest BCUT2D eigenvalue weighted by Crippen LogP contribution is 2.47. The van der Waals surface area contributed by atoms with E-state index in [-0.39, 0.29) is 26.6 Å². The maximum atomic E-state index is 13.0. The maximum absolute atomic E-state index is 13.0. The monoisotopic (exact) mass is 457 g/mol. The Kier molecular flexibility index (Phi) is 5.61. The Morgan fingerprint density at radius 3 is 2.72 bits per heavy atom. The van der Waals surface area contributed by atoms with Gasteiger partial charge in [0, 0.05) is 31.0 Å². The minimum absolute atomic E-state index is 0.00162. The molecule has 0 unspecified atom stereocenters. The van der Waals surface area contributed by atoms with E-state index in [2.05, 4.69) is 5.32 Å². The number of nitrogens with zero attached hydrogens (tertiary/aromatic N) is 2. The lowest BCUT2D eigenvalue weighted by Gasteiger charge is -2.30. The van der Waals surface area contributed by atoms with Gasteiger partial charge in [-0.3, -0.25) is 9.59 Å². The average molecular weight is 458 g/mol. The van der Waals surface area contributed by atoms with Crippen molar-refractivity contribution < 1.29 is 18.0 Å². The first-order valence-electron chi connectivity index (χ1n) is 9.79. The van der Waals surface area contributed by atoms with Crippen LogP contribution in [0.5, 0.6) is 0 Å². The first-order valence-corrected chi connectivity index (χ1v) is 12.6. The molecule has 3 aliphatic rings. The molecule has 158 valence electrons. The number of thioether (sulfide) groups is 1. The first kappa shape index (κ1) is 21.0. The van der Waals surface area contributed by atoms with Crippen LogP contribution in [0.1, 0.15) is 39.0 Å². The van der Waals surface area contributed by atoms with Gasteiger partial charge in [-0.05, 0) is 44.4 Å². The van der Waals surface area contributed by atoms with Crippen molar-refractivity contribution in [3.63, 3.8) is 0 Å². The largest absolute Gasteiger partial charge is 0.324 e. The SMILES string of the molecule is C[C@]12CCC(=O)N1[C@H](C(=O)Nc1ccc(Cl)c(S(=O)(=O)N3CCCCC3)c1)CS2. The molecule has 29 heavy (non-hydrogen) atoms. The summed E-state index contributed by atoms with van der Waals surface area (Å²) in [6.07, 6.45) is 3.86. The summed E-state index contributed by atoms with van der Waals surface area (Å²) in [6, 6.07) is 3.93. The van der Waals surface area contributed by atoms with Gasteiger partial charge in [0.15, 0.2) is 0 Å². The minimum atomic E-state index is -3.72. The normalized spacial score (nSPS) is 27.9. The van der Waals surface area contributed by atoms with Crippen molar-refractivity contribution >= 4 is 50.9 Å².